The summed E-state index contributed by atoms with van der Waals surface area (Å²) in [6.45, 7) is 2.45. The van der Waals surface area contributed by atoms with Crippen molar-refractivity contribution in [3.05, 3.63) is 51.3 Å². The Morgan fingerprint density at radius 2 is 2.14 bits per heavy atom. The maximum absolute atomic E-state index is 14.4. The second-order valence-electron chi connectivity index (χ2n) is 5.95. The van der Waals surface area contributed by atoms with Gasteiger partial charge in [0.2, 0.25) is 0 Å². The van der Waals surface area contributed by atoms with Gasteiger partial charge in [-0.1, -0.05) is 45.4 Å². The molecule has 3 rings (SSSR count). The zero-order valence-electron chi connectivity index (χ0n) is 15.1. The van der Waals surface area contributed by atoms with Crippen LogP contribution < -0.4 is 0 Å². The van der Waals surface area contributed by atoms with Gasteiger partial charge in [0.05, 0.1) is 13.2 Å². The van der Waals surface area contributed by atoms with E-state index in [2.05, 4.69) is 25.9 Å². The van der Waals surface area contributed by atoms with Crippen LogP contribution in [-0.4, -0.2) is 32.9 Å². The first-order valence-electron chi connectivity index (χ1n) is 8.73. The lowest BCUT2D eigenvalue weighted by atomic mass is 10.2. The molecule has 148 valence electrons. The zero-order chi connectivity index (χ0) is 20.1. The number of fused-ring (bicyclic) bond motifs is 1. The average Bonchev–Trinajstić information content (AvgIpc) is 2.98. The summed E-state index contributed by atoms with van der Waals surface area (Å²) in [6, 6.07) is 8.43. The summed E-state index contributed by atoms with van der Waals surface area (Å²) in [5.74, 6) is 0.164. The zero-order valence-corrected chi connectivity index (χ0v) is 18.3. The number of ether oxygens (including phenoxy) is 1. The molecule has 0 fully saturated rings. The van der Waals surface area contributed by atoms with Gasteiger partial charge in [-0.15, -0.1) is 0 Å². The van der Waals surface area contributed by atoms with Gasteiger partial charge in [-0.2, -0.15) is 0 Å². The highest BCUT2D eigenvalue weighted by atomic mass is 79.9. The summed E-state index contributed by atoms with van der Waals surface area (Å²) in [5, 5.41) is 1.06. The van der Waals surface area contributed by atoms with Gasteiger partial charge in [-0.05, 0) is 37.6 Å². The molecule has 0 spiro atoms. The summed E-state index contributed by atoms with van der Waals surface area (Å²) in [7, 11) is 0. The highest BCUT2D eigenvalue weighted by Gasteiger charge is 2.15. The Labute approximate surface area is 179 Å². The summed E-state index contributed by atoms with van der Waals surface area (Å²) in [6.07, 6.45) is 1.01. The van der Waals surface area contributed by atoms with E-state index in [0.29, 0.717) is 56.7 Å². The van der Waals surface area contributed by atoms with Gasteiger partial charge < -0.3 is 4.74 Å². The number of halogens is 3. The molecule has 0 unspecified atom stereocenters. The number of hydrogen-bond acceptors (Lipinski definition) is 5. The lowest BCUT2D eigenvalue weighted by Crippen LogP contribution is -2.06. The molecule has 0 saturated heterocycles. The number of nitrogens with zero attached hydrogens (tertiary/aromatic N) is 3. The van der Waals surface area contributed by atoms with Crippen LogP contribution in [0.3, 0.4) is 0 Å². The van der Waals surface area contributed by atoms with Crippen LogP contribution in [0.5, 0.6) is 0 Å². The molecule has 0 amide bonds. The Morgan fingerprint density at radius 3 is 2.89 bits per heavy atom. The number of carbonyl (C=O) groups excluding carboxylic acids is 1. The highest BCUT2D eigenvalue weighted by Crippen LogP contribution is 2.27. The Kier molecular flexibility index (Phi) is 7.31. The van der Waals surface area contributed by atoms with Gasteiger partial charge >= 0.3 is 5.97 Å². The smallest absolute Gasteiger partial charge is 0.305 e. The molecule has 2 aromatic heterocycles. The van der Waals surface area contributed by atoms with Crippen LogP contribution >= 0.6 is 39.3 Å². The fraction of sp³-hybridized carbons (Fsp3) is 0.316. The van der Waals surface area contributed by atoms with Gasteiger partial charge in [0.1, 0.15) is 16.5 Å². The van der Waals surface area contributed by atoms with Gasteiger partial charge in [-0.25, -0.2) is 14.4 Å². The molecule has 5 nitrogen and oxygen atoms in total. The minimum atomic E-state index is -0.309. The highest BCUT2D eigenvalue weighted by molar-refractivity contribution is 9.10. The first-order chi connectivity index (χ1) is 13.5. The molecule has 1 aromatic carbocycles. The lowest BCUT2D eigenvalue weighted by molar-refractivity contribution is -0.143. The average molecular weight is 487 g/mol. The molecular weight excluding hydrogens is 469 g/mol. The first kappa shape index (κ1) is 21.1. The van der Waals surface area contributed by atoms with Crippen LogP contribution in [0.25, 0.3) is 11.2 Å². The van der Waals surface area contributed by atoms with Crippen LogP contribution in [0.1, 0.15) is 25.3 Å². The van der Waals surface area contributed by atoms with Crippen molar-refractivity contribution in [2.75, 3.05) is 12.4 Å². The van der Waals surface area contributed by atoms with Crippen molar-refractivity contribution >= 4 is 56.4 Å². The fourth-order valence-corrected chi connectivity index (χ4v) is 4.06. The molecule has 0 N–H and O–H groups in total. The third-order valence-electron chi connectivity index (χ3n) is 3.93. The normalized spacial score (nSPS) is 11.1. The maximum Gasteiger partial charge on any atom is 0.305 e. The number of hydrogen-bond donors (Lipinski definition) is 0. The largest absolute Gasteiger partial charge is 0.466 e. The fourth-order valence-electron chi connectivity index (χ4n) is 2.64. The van der Waals surface area contributed by atoms with Gasteiger partial charge in [0.25, 0.3) is 0 Å². The molecule has 0 saturated carbocycles. The number of thioether (sulfide) groups is 1. The van der Waals surface area contributed by atoms with E-state index in [9.17, 15) is 9.18 Å². The number of carbonyl (C=O) groups is 1. The quantitative estimate of drug-likeness (QED) is 0.183. The van der Waals surface area contributed by atoms with Crippen LogP contribution in [0.15, 0.2) is 40.0 Å². The summed E-state index contributed by atoms with van der Waals surface area (Å²) < 4.78 is 21.8. The number of rotatable bonds is 8. The van der Waals surface area contributed by atoms with E-state index in [0.717, 1.165) is 0 Å². The number of benzene rings is 1. The Balaban J connectivity index is 1.83. The second kappa shape index (κ2) is 9.71. The van der Waals surface area contributed by atoms with E-state index in [1.165, 1.54) is 17.8 Å². The molecule has 0 aliphatic rings. The van der Waals surface area contributed by atoms with Crippen LogP contribution in [0.2, 0.25) is 5.15 Å². The number of imidazole rings is 1. The molecule has 0 radical (unpaired) electrons. The van der Waals surface area contributed by atoms with E-state index >= 15 is 0 Å². The lowest BCUT2D eigenvalue weighted by Gasteiger charge is -2.10. The predicted octanol–water partition coefficient (Wildman–Crippen LogP) is 5.47. The van der Waals surface area contributed by atoms with Crippen molar-refractivity contribution in [2.24, 2.45) is 0 Å². The monoisotopic (exact) mass is 485 g/mol. The van der Waals surface area contributed by atoms with Crippen molar-refractivity contribution in [3.8, 4) is 0 Å². The molecule has 0 aliphatic heterocycles. The van der Waals surface area contributed by atoms with Crippen LogP contribution in [0.4, 0.5) is 4.39 Å². The van der Waals surface area contributed by atoms with Gasteiger partial charge in [-0.3, -0.25) is 9.36 Å². The van der Waals surface area contributed by atoms with Crippen molar-refractivity contribution in [1.82, 2.24) is 14.5 Å². The SMILES string of the molecule is CCOC(=O)CCCSc1nc2ccc(Cl)nc2n1Cc1ccc(Br)cc1F. The van der Waals surface area contributed by atoms with Gasteiger partial charge in [0.15, 0.2) is 10.8 Å². The number of aromatic nitrogens is 3. The van der Waals surface area contributed by atoms with Gasteiger partial charge in [0, 0.05) is 22.2 Å². The summed E-state index contributed by atoms with van der Waals surface area (Å²) in [4.78, 5) is 20.5. The molecule has 0 aliphatic carbocycles. The number of pyridine rings is 1. The van der Waals surface area contributed by atoms with E-state index < -0.39 is 0 Å². The number of esters is 1. The minimum absolute atomic E-state index is 0.206. The van der Waals surface area contributed by atoms with Crippen LogP contribution in [0, 0.1) is 5.82 Å². The molecule has 0 bridgehead atoms. The Hall–Kier alpha value is -1.64. The summed E-state index contributed by atoms with van der Waals surface area (Å²) >= 11 is 10.8. The maximum atomic E-state index is 14.4. The van der Waals surface area contributed by atoms with E-state index in [1.54, 1.807) is 31.2 Å². The van der Waals surface area contributed by atoms with Crippen molar-refractivity contribution in [2.45, 2.75) is 31.5 Å². The predicted molar refractivity (Wildman–Crippen MR) is 112 cm³/mol. The second-order valence-corrected chi connectivity index (χ2v) is 8.31. The van der Waals surface area contributed by atoms with E-state index in [-0.39, 0.29) is 18.3 Å². The Bertz CT molecular complexity index is 999. The Morgan fingerprint density at radius 1 is 1.32 bits per heavy atom. The molecule has 9 heteroatoms. The van der Waals surface area contributed by atoms with E-state index in [1.807, 2.05) is 4.57 Å². The summed E-state index contributed by atoms with van der Waals surface area (Å²) in [5.41, 5.74) is 1.81. The molecule has 28 heavy (non-hydrogen) atoms. The minimum Gasteiger partial charge on any atom is -0.466 e. The van der Waals surface area contributed by atoms with Crippen molar-refractivity contribution in [3.63, 3.8) is 0 Å². The molecular formula is C19H18BrClFN3O2S. The third-order valence-corrected chi connectivity index (χ3v) is 5.69. The third kappa shape index (κ3) is 5.24. The molecule has 2 heterocycles. The standard InChI is InChI=1S/C19H18BrClFN3O2S/c1-2-27-17(26)4-3-9-28-19-23-15-7-8-16(21)24-18(15)25(19)11-12-5-6-13(20)10-14(12)22/h5-8,10H,2-4,9,11H2,1H3. The first-order valence-corrected chi connectivity index (χ1v) is 10.9. The van der Waals surface area contributed by atoms with E-state index in [4.69, 9.17) is 16.3 Å². The topological polar surface area (TPSA) is 57.0 Å². The molecule has 0 atom stereocenters. The van der Waals surface area contributed by atoms with Crippen molar-refractivity contribution in [1.29, 1.82) is 0 Å². The van der Waals surface area contributed by atoms with Crippen LogP contribution in [-0.2, 0) is 16.1 Å². The molecule has 3 aromatic rings. The van der Waals surface area contributed by atoms with Crippen molar-refractivity contribution < 1.29 is 13.9 Å².